The molecule has 1 heterocycles. The summed E-state index contributed by atoms with van der Waals surface area (Å²) in [6, 6.07) is 0.703. The third-order valence-corrected chi connectivity index (χ3v) is 2.01. The number of alkyl halides is 3. The van der Waals surface area contributed by atoms with Gasteiger partial charge in [0.25, 0.3) is 0 Å². The van der Waals surface area contributed by atoms with E-state index >= 15 is 0 Å². The van der Waals surface area contributed by atoms with Crippen LogP contribution in [0.25, 0.3) is 0 Å². The molecule has 18 heavy (non-hydrogen) atoms. The third kappa shape index (κ3) is 4.66. The van der Waals surface area contributed by atoms with Gasteiger partial charge in [-0.2, -0.15) is 18.2 Å². The lowest BCUT2D eigenvalue weighted by molar-refractivity contribution is -0.141. The molecule has 0 spiro atoms. The lowest BCUT2D eigenvalue weighted by Crippen LogP contribution is -2.20. The van der Waals surface area contributed by atoms with E-state index in [1.165, 1.54) is 0 Å². The lowest BCUT2D eigenvalue weighted by Gasteiger charge is -2.14. The topological polar surface area (TPSA) is 44.2 Å². The fourth-order valence-electron chi connectivity index (χ4n) is 1.13. The van der Waals surface area contributed by atoms with E-state index < -0.39 is 23.3 Å². The molecule has 0 bridgehead atoms. The second-order valence-corrected chi connectivity index (χ2v) is 3.78. The Labute approximate surface area is 107 Å². The molecule has 4 nitrogen and oxygen atoms in total. The normalized spacial score (nSPS) is 13.4. The molecule has 0 fully saturated rings. The zero-order chi connectivity index (χ0) is 13.8. The van der Waals surface area contributed by atoms with Gasteiger partial charge >= 0.3 is 6.18 Å². The number of hydrogen-bond donors (Lipinski definition) is 0. The standard InChI is InChI=1S/C10H12ClF3N2O2/c1-3-17-5-6(2)18-8-4-7(10(12,13)14)15-9(11)16-8/h4,6H,3,5H2,1-2H3. The summed E-state index contributed by atoms with van der Waals surface area (Å²) in [5.74, 6) is -0.227. The molecule has 1 atom stereocenters. The molecule has 0 aliphatic rings. The molecular weight excluding hydrogens is 273 g/mol. The quantitative estimate of drug-likeness (QED) is 0.780. The van der Waals surface area contributed by atoms with Crippen molar-refractivity contribution in [3.63, 3.8) is 0 Å². The summed E-state index contributed by atoms with van der Waals surface area (Å²) in [7, 11) is 0. The average Bonchev–Trinajstić information content (AvgIpc) is 2.24. The summed E-state index contributed by atoms with van der Waals surface area (Å²) in [6.45, 7) is 4.19. The Kier molecular flexibility index (Phi) is 5.15. The monoisotopic (exact) mass is 284 g/mol. The highest BCUT2D eigenvalue weighted by Crippen LogP contribution is 2.30. The highest BCUT2D eigenvalue weighted by molar-refractivity contribution is 6.28. The second kappa shape index (κ2) is 6.19. The van der Waals surface area contributed by atoms with E-state index in [9.17, 15) is 13.2 Å². The summed E-state index contributed by atoms with van der Waals surface area (Å²) in [5, 5.41) is -0.511. The van der Waals surface area contributed by atoms with Crippen molar-refractivity contribution < 1.29 is 22.6 Å². The number of hydrogen-bond acceptors (Lipinski definition) is 4. The molecule has 0 N–H and O–H groups in total. The van der Waals surface area contributed by atoms with Gasteiger partial charge in [0.2, 0.25) is 11.2 Å². The fourth-order valence-corrected chi connectivity index (χ4v) is 1.30. The van der Waals surface area contributed by atoms with Gasteiger partial charge in [0, 0.05) is 12.7 Å². The van der Waals surface area contributed by atoms with E-state index in [0.29, 0.717) is 12.7 Å². The Hall–Kier alpha value is -1.08. The minimum Gasteiger partial charge on any atom is -0.472 e. The molecule has 1 aromatic heterocycles. The highest BCUT2D eigenvalue weighted by atomic mass is 35.5. The van der Waals surface area contributed by atoms with Crippen LogP contribution in [0.5, 0.6) is 5.88 Å². The fraction of sp³-hybridized carbons (Fsp3) is 0.600. The lowest BCUT2D eigenvalue weighted by atomic mass is 10.4. The summed E-state index contributed by atoms with van der Waals surface area (Å²) in [5.41, 5.74) is -1.14. The third-order valence-electron chi connectivity index (χ3n) is 1.84. The largest absolute Gasteiger partial charge is 0.472 e. The first kappa shape index (κ1) is 15.0. The first-order valence-electron chi connectivity index (χ1n) is 5.19. The highest BCUT2D eigenvalue weighted by Gasteiger charge is 2.34. The van der Waals surface area contributed by atoms with Crippen molar-refractivity contribution in [2.24, 2.45) is 0 Å². The van der Waals surface area contributed by atoms with Crippen LogP contribution in [0.3, 0.4) is 0 Å². The van der Waals surface area contributed by atoms with E-state index in [4.69, 9.17) is 21.1 Å². The molecule has 0 aromatic carbocycles. The molecule has 0 amide bonds. The van der Waals surface area contributed by atoms with Gasteiger partial charge in [-0.15, -0.1) is 0 Å². The van der Waals surface area contributed by atoms with E-state index in [-0.39, 0.29) is 12.5 Å². The molecular formula is C10H12ClF3N2O2. The van der Waals surface area contributed by atoms with Crippen molar-refractivity contribution in [2.45, 2.75) is 26.1 Å². The Balaban J connectivity index is 2.80. The molecule has 1 aromatic rings. The van der Waals surface area contributed by atoms with Gasteiger partial charge in [-0.3, -0.25) is 0 Å². The number of rotatable bonds is 5. The number of halogens is 4. The minimum absolute atomic E-state index is 0.227. The van der Waals surface area contributed by atoms with Crippen LogP contribution in [0.2, 0.25) is 5.28 Å². The van der Waals surface area contributed by atoms with Crippen molar-refractivity contribution in [1.82, 2.24) is 9.97 Å². The smallest absolute Gasteiger partial charge is 0.433 e. The zero-order valence-corrected chi connectivity index (χ0v) is 10.5. The van der Waals surface area contributed by atoms with Crippen molar-refractivity contribution in [2.75, 3.05) is 13.2 Å². The van der Waals surface area contributed by atoms with E-state index in [1.807, 2.05) is 0 Å². The van der Waals surface area contributed by atoms with Crippen molar-refractivity contribution in [3.05, 3.63) is 17.0 Å². The second-order valence-electron chi connectivity index (χ2n) is 3.45. The van der Waals surface area contributed by atoms with Crippen molar-refractivity contribution in [1.29, 1.82) is 0 Å². The van der Waals surface area contributed by atoms with Crippen molar-refractivity contribution in [3.8, 4) is 5.88 Å². The minimum atomic E-state index is -4.59. The summed E-state index contributed by atoms with van der Waals surface area (Å²) in [6.07, 6.45) is -5.02. The molecule has 0 aliphatic heterocycles. The van der Waals surface area contributed by atoms with Gasteiger partial charge in [-0.25, -0.2) is 4.98 Å². The maximum absolute atomic E-state index is 12.5. The molecule has 1 unspecified atom stereocenters. The Morgan fingerprint density at radius 1 is 1.39 bits per heavy atom. The summed E-state index contributed by atoms with van der Waals surface area (Å²) in [4.78, 5) is 6.66. The summed E-state index contributed by atoms with van der Waals surface area (Å²) < 4.78 is 47.6. The molecule has 8 heteroatoms. The maximum atomic E-state index is 12.5. The Morgan fingerprint density at radius 2 is 2.06 bits per heavy atom. The van der Waals surface area contributed by atoms with Crippen molar-refractivity contribution >= 4 is 11.6 Å². The van der Waals surface area contributed by atoms with E-state index in [2.05, 4.69) is 9.97 Å². The van der Waals surface area contributed by atoms with Gasteiger partial charge in [-0.1, -0.05) is 0 Å². The number of nitrogens with zero attached hydrogens (tertiary/aromatic N) is 2. The van der Waals surface area contributed by atoms with Gasteiger partial charge < -0.3 is 9.47 Å². The SMILES string of the molecule is CCOCC(C)Oc1cc(C(F)(F)F)nc(Cl)n1. The number of aromatic nitrogens is 2. The van der Waals surface area contributed by atoms with Crippen LogP contribution in [0, 0.1) is 0 Å². The molecule has 1 rings (SSSR count). The first-order valence-corrected chi connectivity index (χ1v) is 5.57. The van der Waals surface area contributed by atoms with Crippen LogP contribution in [-0.4, -0.2) is 29.3 Å². The summed E-state index contributed by atoms with van der Waals surface area (Å²) >= 11 is 5.41. The average molecular weight is 285 g/mol. The predicted molar refractivity (Wildman–Crippen MR) is 58.6 cm³/mol. The van der Waals surface area contributed by atoms with Crippen LogP contribution in [0.15, 0.2) is 6.07 Å². The van der Waals surface area contributed by atoms with Gasteiger partial charge in [0.05, 0.1) is 6.61 Å². The number of ether oxygens (including phenoxy) is 2. The van der Waals surface area contributed by atoms with E-state index in [1.54, 1.807) is 13.8 Å². The molecule has 0 radical (unpaired) electrons. The molecule has 0 saturated heterocycles. The molecule has 102 valence electrons. The van der Waals surface area contributed by atoms with Crippen LogP contribution < -0.4 is 4.74 Å². The molecule has 0 saturated carbocycles. The van der Waals surface area contributed by atoms with Gasteiger partial charge in [0.1, 0.15) is 6.10 Å². The van der Waals surface area contributed by atoms with Crippen LogP contribution in [0.1, 0.15) is 19.5 Å². The van der Waals surface area contributed by atoms with Gasteiger partial charge in [0.15, 0.2) is 5.69 Å². The van der Waals surface area contributed by atoms with Crippen LogP contribution >= 0.6 is 11.6 Å². The Bertz CT molecular complexity index is 401. The van der Waals surface area contributed by atoms with Gasteiger partial charge in [-0.05, 0) is 25.4 Å². The van der Waals surface area contributed by atoms with Crippen LogP contribution in [-0.2, 0) is 10.9 Å². The Morgan fingerprint density at radius 3 is 2.61 bits per heavy atom. The zero-order valence-electron chi connectivity index (χ0n) is 9.79. The first-order chi connectivity index (χ1) is 8.32. The predicted octanol–water partition coefficient (Wildman–Crippen LogP) is 2.95. The van der Waals surface area contributed by atoms with E-state index in [0.717, 1.165) is 0 Å². The van der Waals surface area contributed by atoms with Crippen LogP contribution in [0.4, 0.5) is 13.2 Å². The molecule has 0 aliphatic carbocycles. The maximum Gasteiger partial charge on any atom is 0.433 e.